The Kier molecular flexibility index (Phi) is 8.26. The molecule has 0 aliphatic heterocycles. The van der Waals surface area contributed by atoms with E-state index in [-0.39, 0.29) is 41.1 Å². The van der Waals surface area contributed by atoms with Gasteiger partial charge in [-0.15, -0.1) is 0 Å². The van der Waals surface area contributed by atoms with Gasteiger partial charge in [0.05, 0.1) is 24.5 Å². The fraction of sp³-hybridized carbons (Fsp3) is 0.250. The van der Waals surface area contributed by atoms with Gasteiger partial charge in [0, 0.05) is 12.4 Å². The summed E-state index contributed by atoms with van der Waals surface area (Å²) in [6.45, 7) is 3.26. The van der Waals surface area contributed by atoms with E-state index in [1.807, 2.05) is 0 Å². The van der Waals surface area contributed by atoms with Crippen LogP contribution in [0.5, 0.6) is 11.6 Å². The average molecular weight is 459 g/mol. The fourth-order valence-corrected chi connectivity index (χ4v) is 2.41. The lowest BCUT2D eigenvalue weighted by molar-refractivity contribution is -0.146. The molecule has 0 radical (unpaired) electrons. The maximum atomic E-state index is 12.8. The molecule has 166 valence electrons. The lowest BCUT2D eigenvalue weighted by Gasteiger charge is -2.13. The smallest absolute Gasteiger partial charge is 0.417 e. The normalized spacial score (nSPS) is 10.8. The zero-order chi connectivity index (χ0) is 23.0. The number of halogens is 4. The first-order chi connectivity index (χ1) is 14.7. The molecule has 0 spiro atoms. The molecule has 0 atom stereocenters. The van der Waals surface area contributed by atoms with Crippen molar-refractivity contribution in [2.45, 2.75) is 20.0 Å². The van der Waals surface area contributed by atoms with Gasteiger partial charge in [-0.1, -0.05) is 23.7 Å². The highest BCUT2D eigenvalue weighted by atomic mass is 35.5. The number of hydrogen-bond donors (Lipinski definition) is 1. The Labute approximate surface area is 180 Å². The highest BCUT2D eigenvalue weighted by molar-refractivity contribution is 6.31. The van der Waals surface area contributed by atoms with Crippen LogP contribution in [-0.4, -0.2) is 30.1 Å². The third-order valence-electron chi connectivity index (χ3n) is 3.59. The quantitative estimate of drug-likeness (QED) is 0.259. The molecule has 0 aliphatic rings. The van der Waals surface area contributed by atoms with Crippen molar-refractivity contribution in [2.24, 2.45) is 0 Å². The summed E-state index contributed by atoms with van der Waals surface area (Å²) in [5, 5.41) is 2.38. The monoisotopic (exact) mass is 458 g/mol. The maximum absolute atomic E-state index is 12.8. The summed E-state index contributed by atoms with van der Waals surface area (Å²) in [4.78, 5) is 27.7. The molecule has 1 aromatic carbocycles. The second kappa shape index (κ2) is 10.7. The molecule has 1 aromatic heterocycles. The third kappa shape index (κ3) is 6.61. The molecule has 0 bridgehead atoms. The number of ether oxygens (including phenoxy) is 3. The van der Waals surface area contributed by atoms with Crippen LogP contribution in [0.3, 0.4) is 0 Å². The van der Waals surface area contributed by atoms with Crippen molar-refractivity contribution < 1.29 is 37.0 Å². The van der Waals surface area contributed by atoms with Crippen molar-refractivity contribution in [3.05, 3.63) is 58.9 Å². The van der Waals surface area contributed by atoms with Crippen molar-refractivity contribution in [1.82, 2.24) is 4.98 Å². The standard InChI is InChI=1S/C20H18ClF3N2O5/c1-3-29-18(27)13(19(28)30-4-2)11-25-15-7-5-6-8-16(15)31-17-14(21)9-12(10-26-17)20(22,23)24/h5-11,25H,3-4H2,1-2H3. The van der Waals surface area contributed by atoms with E-state index < -0.39 is 23.7 Å². The van der Waals surface area contributed by atoms with E-state index in [9.17, 15) is 22.8 Å². The molecule has 31 heavy (non-hydrogen) atoms. The van der Waals surface area contributed by atoms with E-state index in [0.29, 0.717) is 12.3 Å². The van der Waals surface area contributed by atoms with Gasteiger partial charge in [0.25, 0.3) is 0 Å². The summed E-state index contributed by atoms with van der Waals surface area (Å²) in [6.07, 6.45) is -2.92. The molecule has 0 aliphatic carbocycles. The minimum Gasteiger partial charge on any atom is -0.462 e. The number of nitrogens with one attached hydrogen (secondary N) is 1. The number of pyridine rings is 1. The topological polar surface area (TPSA) is 86.8 Å². The molecular formula is C20H18ClF3N2O5. The number of alkyl halides is 3. The predicted molar refractivity (Wildman–Crippen MR) is 106 cm³/mol. The van der Waals surface area contributed by atoms with E-state index in [2.05, 4.69) is 10.3 Å². The summed E-state index contributed by atoms with van der Waals surface area (Å²) in [5.41, 5.74) is -1.14. The van der Waals surface area contributed by atoms with Crippen molar-refractivity contribution in [1.29, 1.82) is 0 Å². The van der Waals surface area contributed by atoms with E-state index in [1.165, 1.54) is 12.1 Å². The number of esters is 2. The van der Waals surface area contributed by atoms with Gasteiger partial charge >= 0.3 is 18.1 Å². The summed E-state index contributed by atoms with van der Waals surface area (Å²) in [7, 11) is 0. The van der Waals surface area contributed by atoms with Crippen molar-refractivity contribution in [3.8, 4) is 11.6 Å². The Hall–Kier alpha value is -3.27. The van der Waals surface area contributed by atoms with Gasteiger partial charge in [-0.2, -0.15) is 13.2 Å². The molecule has 0 saturated heterocycles. The van der Waals surface area contributed by atoms with Crippen LogP contribution >= 0.6 is 11.6 Å². The first-order valence-corrected chi connectivity index (χ1v) is 9.35. The van der Waals surface area contributed by atoms with E-state index in [1.54, 1.807) is 26.0 Å². The number of carbonyl (C=O) groups is 2. The van der Waals surface area contributed by atoms with E-state index >= 15 is 0 Å². The molecule has 1 N–H and O–H groups in total. The van der Waals surface area contributed by atoms with Crippen molar-refractivity contribution >= 4 is 29.2 Å². The average Bonchev–Trinajstić information content (AvgIpc) is 2.70. The zero-order valence-electron chi connectivity index (χ0n) is 16.5. The first-order valence-electron chi connectivity index (χ1n) is 8.97. The molecule has 0 fully saturated rings. The van der Waals surface area contributed by atoms with Gasteiger partial charge in [0.15, 0.2) is 11.3 Å². The van der Waals surface area contributed by atoms with Crippen molar-refractivity contribution in [2.75, 3.05) is 18.5 Å². The fourth-order valence-electron chi connectivity index (χ4n) is 2.20. The number of anilines is 1. The molecule has 0 amide bonds. The number of aromatic nitrogens is 1. The summed E-state index contributed by atoms with van der Waals surface area (Å²) in [6, 6.07) is 6.94. The van der Waals surface area contributed by atoms with Gasteiger partial charge in [-0.3, -0.25) is 0 Å². The molecule has 11 heteroatoms. The van der Waals surface area contributed by atoms with Crippen LogP contribution in [-0.2, 0) is 25.2 Å². The SMILES string of the molecule is CCOC(=O)C(=CNc1ccccc1Oc1ncc(C(F)(F)F)cc1Cl)C(=O)OCC. The van der Waals surface area contributed by atoms with Crippen LogP contribution in [0.15, 0.2) is 48.3 Å². The number of nitrogens with zero attached hydrogens (tertiary/aromatic N) is 1. The number of rotatable bonds is 8. The molecule has 1 heterocycles. The Balaban J connectivity index is 2.30. The predicted octanol–water partition coefficient (Wildman–Crippen LogP) is 4.97. The number of carbonyl (C=O) groups excluding carboxylic acids is 2. The number of hydrogen-bond acceptors (Lipinski definition) is 7. The molecular weight excluding hydrogens is 441 g/mol. The Morgan fingerprint density at radius 2 is 1.74 bits per heavy atom. The van der Waals surface area contributed by atoms with Gasteiger partial charge in [-0.05, 0) is 32.0 Å². The lowest BCUT2D eigenvalue weighted by atomic mass is 10.2. The number of para-hydroxylation sites is 2. The van der Waals surface area contributed by atoms with Crippen LogP contribution in [0.2, 0.25) is 5.02 Å². The summed E-state index contributed by atoms with van der Waals surface area (Å²) in [5.74, 6) is -1.91. The first kappa shape index (κ1) is 24.0. The Bertz CT molecular complexity index is 960. The minimum atomic E-state index is -4.60. The van der Waals surface area contributed by atoms with Crippen molar-refractivity contribution in [3.63, 3.8) is 0 Å². The molecule has 0 saturated carbocycles. The Morgan fingerprint density at radius 3 is 2.29 bits per heavy atom. The molecule has 2 aromatic rings. The highest BCUT2D eigenvalue weighted by Gasteiger charge is 2.32. The second-order valence-electron chi connectivity index (χ2n) is 5.75. The lowest BCUT2D eigenvalue weighted by Crippen LogP contribution is -2.19. The third-order valence-corrected chi connectivity index (χ3v) is 3.86. The maximum Gasteiger partial charge on any atom is 0.417 e. The zero-order valence-corrected chi connectivity index (χ0v) is 17.2. The van der Waals surface area contributed by atoms with Crippen LogP contribution in [0.1, 0.15) is 19.4 Å². The van der Waals surface area contributed by atoms with Crippen LogP contribution in [0.25, 0.3) is 0 Å². The second-order valence-corrected chi connectivity index (χ2v) is 6.16. The minimum absolute atomic E-state index is 0.0490. The van der Waals surface area contributed by atoms with Gasteiger partial charge in [-0.25, -0.2) is 14.6 Å². The molecule has 2 rings (SSSR count). The summed E-state index contributed by atoms with van der Waals surface area (Å²) >= 11 is 5.88. The largest absolute Gasteiger partial charge is 0.462 e. The number of benzene rings is 1. The molecule has 0 unspecified atom stereocenters. The highest BCUT2D eigenvalue weighted by Crippen LogP contribution is 2.36. The van der Waals surface area contributed by atoms with E-state index in [4.69, 9.17) is 25.8 Å². The van der Waals surface area contributed by atoms with Gasteiger partial charge in [0.2, 0.25) is 5.88 Å². The van der Waals surface area contributed by atoms with Gasteiger partial charge < -0.3 is 19.5 Å². The molecule has 7 nitrogen and oxygen atoms in total. The van der Waals surface area contributed by atoms with Crippen LogP contribution < -0.4 is 10.1 Å². The van der Waals surface area contributed by atoms with Crippen LogP contribution in [0.4, 0.5) is 18.9 Å². The van der Waals surface area contributed by atoms with E-state index in [0.717, 1.165) is 6.20 Å². The Morgan fingerprint density at radius 1 is 1.13 bits per heavy atom. The summed E-state index contributed by atoms with van der Waals surface area (Å²) < 4.78 is 53.5. The van der Waals surface area contributed by atoms with Gasteiger partial charge in [0.1, 0.15) is 5.02 Å². The van der Waals surface area contributed by atoms with Crippen LogP contribution in [0, 0.1) is 0 Å².